The zero-order valence-electron chi connectivity index (χ0n) is 21.0. The summed E-state index contributed by atoms with van der Waals surface area (Å²) in [6.07, 6.45) is 20.2. The largest absolute Gasteiger partial charge is 0.0968 e. The van der Waals surface area contributed by atoms with Gasteiger partial charge in [-0.15, -0.1) is 0 Å². The maximum absolute atomic E-state index is 2.71. The monoisotopic (exact) mass is 438 g/mol. The summed E-state index contributed by atoms with van der Waals surface area (Å²) in [6, 6.07) is 0. The van der Waals surface area contributed by atoms with Crippen LogP contribution < -0.4 is 0 Å². The Hall–Kier alpha value is 0.860. The van der Waals surface area contributed by atoms with Crippen molar-refractivity contribution >= 4 is 15.8 Å². The van der Waals surface area contributed by atoms with Crippen LogP contribution in [0.1, 0.15) is 132 Å². The van der Waals surface area contributed by atoms with Crippen molar-refractivity contribution in [2.75, 3.05) is 0 Å². The molecule has 3 atom stereocenters. The fourth-order valence-corrected chi connectivity index (χ4v) is 18.2. The first kappa shape index (κ1) is 24.5. The Labute approximate surface area is 186 Å². The van der Waals surface area contributed by atoms with Gasteiger partial charge in [0.1, 0.15) is 0 Å². The Kier molecular flexibility index (Phi) is 8.62. The first-order valence-corrected chi connectivity index (χ1v) is 16.1. The van der Waals surface area contributed by atoms with Crippen LogP contribution >= 0.6 is 15.8 Å². The molecule has 29 heavy (non-hydrogen) atoms. The van der Waals surface area contributed by atoms with Crippen LogP contribution in [0, 0.1) is 5.92 Å². The summed E-state index contributed by atoms with van der Waals surface area (Å²) < 4.78 is 0. The van der Waals surface area contributed by atoms with Crippen LogP contribution in [-0.4, -0.2) is 32.9 Å². The standard InChI is InChI=1S/C27H52P2/c1-21(29(26(2,3)4)27(5,6)7)24-19-14-20-25(24)28(22-15-10-8-11-16-22)23-17-12-9-13-18-23/h21-25H,8-20H2,1-7H3/t21-,24?,25?/m0/s1. The van der Waals surface area contributed by atoms with Crippen LogP contribution in [0.2, 0.25) is 0 Å². The van der Waals surface area contributed by atoms with Crippen molar-refractivity contribution in [2.45, 2.75) is 165 Å². The van der Waals surface area contributed by atoms with Gasteiger partial charge in [0, 0.05) is 0 Å². The van der Waals surface area contributed by atoms with Gasteiger partial charge >= 0.3 is 0 Å². The summed E-state index contributed by atoms with van der Waals surface area (Å²) in [5, 5.41) is 0.942. The van der Waals surface area contributed by atoms with E-state index >= 15 is 0 Å². The van der Waals surface area contributed by atoms with Gasteiger partial charge in [0.2, 0.25) is 0 Å². The lowest BCUT2D eigenvalue weighted by Gasteiger charge is -2.51. The van der Waals surface area contributed by atoms with E-state index in [1.807, 2.05) is 0 Å². The van der Waals surface area contributed by atoms with E-state index in [0.29, 0.717) is 10.3 Å². The van der Waals surface area contributed by atoms with Gasteiger partial charge in [0.15, 0.2) is 0 Å². The van der Waals surface area contributed by atoms with Crippen LogP contribution in [0.3, 0.4) is 0 Å². The summed E-state index contributed by atoms with van der Waals surface area (Å²) >= 11 is 0. The van der Waals surface area contributed by atoms with Crippen LogP contribution in [0.15, 0.2) is 0 Å². The predicted molar refractivity (Wildman–Crippen MR) is 138 cm³/mol. The van der Waals surface area contributed by atoms with E-state index in [9.17, 15) is 0 Å². The molecule has 3 fully saturated rings. The van der Waals surface area contributed by atoms with Gasteiger partial charge in [0.25, 0.3) is 0 Å². The maximum atomic E-state index is 2.71. The van der Waals surface area contributed by atoms with Crippen molar-refractivity contribution in [3.05, 3.63) is 0 Å². The summed E-state index contributed by atoms with van der Waals surface area (Å²) in [5.41, 5.74) is 4.32. The molecule has 0 aromatic heterocycles. The fourth-order valence-electron chi connectivity index (χ4n) is 7.92. The van der Waals surface area contributed by atoms with Crippen LogP contribution in [0.4, 0.5) is 0 Å². The molecular weight excluding hydrogens is 386 g/mol. The molecule has 0 saturated heterocycles. The molecule has 2 heteroatoms. The Bertz CT molecular complexity index is 456. The first-order chi connectivity index (χ1) is 13.6. The third-order valence-corrected chi connectivity index (χ3v) is 16.6. The summed E-state index contributed by atoms with van der Waals surface area (Å²) in [6.45, 7) is 18.0. The molecule has 0 amide bonds. The van der Waals surface area contributed by atoms with Crippen LogP contribution in [0.25, 0.3) is 0 Å². The van der Waals surface area contributed by atoms with E-state index in [4.69, 9.17) is 0 Å². The zero-order chi connectivity index (χ0) is 21.2. The SMILES string of the molecule is C[C@@H](C1CCCC1P(C1CCCCC1)C1CCCCC1)P(C(C)(C)C)C(C)(C)C. The number of rotatable bonds is 5. The Balaban J connectivity index is 1.86. The number of hydrogen-bond acceptors (Lipinski definition) is 0. The molecule has 3 aliphatic rings. The van der Waals surface area contributed by atoms with E-state index < -0.39 is 0 Å². The highest BCUT2D eigenvalue weighted by Crippen LogP contribution is 2.70. The van der Waals surface area contributed by atoms with Crippen molar-refractivity contribution in [1.29, 1.82) is 0 Å². The van der Waals surface area contributed by atoms with Gasteiger partial charge in [-0.1, -0.05) is 109 Å². The van der Waals surface area contributed by atoms with Crippen molar-refractivity contribution < 1.29 is 0 Å². The molecule has 0 aromatic carbocycles. The van der Waals surface area contributed by atoms with E-state index in [0.717, 1.165) is 28.6 Å². The third kappa shape index (κ3) is 6.01. The second-order valence-corrected chi connectivity index (χ2v) is 19.9. The van der Waals surface area contributed by atoms with Gasteiger partial charge in [-0.05, 0) is 77.4 Å². The van der Waals surface area contributed by atoms with Gasteiger partial charge < -0.3 is 0 Å². The molecule has 0 bridgehead atoms. The quantitative estimate of drug-likeness (QED) is 0.375. The second-order valence-electron chi connectivity index (χ2n) is 12.6. The van der Waals surface area contributed by atoms with E-state index in [2.05, 4.69) is 48.5 Å². The number of hydrogen-bond donors (Lipinski definition) is 0. The summed E-state index contributed by atoms with van der Waals surface area (Å²) in [4.78, 5) is 0. The van der Waals surface area contributed by atoms with Crippen molar-refractivity contribution in [1.82, 2.24) is 0 Å². The molecule has 3 aliphatic carbocycles. The molecule has 0 radical (unpaired) electrons. The molecule has 0 aliphatic heterocycles. The molecule has 0 spiro atoms. The second kappa shape index (κ2) is 10.2. The maximum Gasteiger partial charge on any atom is -0.0170 e. The molecule has 0 aromatic rings. The highest BCUT2D eigenvalue weighted by atomic mass is 31.1. The molecule has 0 heterocycles. The highest BCUT2D eigenvalue weighted by molar-refractivity contribution is 7.62. The van der Waals surface area contributed by atoms with Gasteiger partial charge in [0.05, 0.1) is 0 Å². The lowest BCUT2D eigenvalue weighted by molar-refractivity contribution is 0.466. The molecule has 2 unspecified atom stereocenters. The summed E-state index contributed by atoms with van der Waals surface area (Å²) in [5.74, 6) is 1.04. The average molecular weight is 439 g/mol. The average Bonchev–Trinajstić information content (AvgIpc) is 3.11. The Morgan fingerprint density at radius 1 is 0.586 bits per heavy atom. The molecular formula is C27H52P2. The molecule has 170 valence electrons. The zero-order valence-corrected chi connectivity index (χ0v) is 22.8. The molecule has 3 rings (SSSR count). The first-order valence-electron chi connectivity index (χ1n) is 13.2. The van der Waals surface area contributed by atoms with Crippen LogP contribution in [0.5, 0.6) is 0 Å². The highest BCUT2D eigenvalue weighted by Gasteiger charge is 2.48. The lowest BCUT2D eigenvalue weighted by Crippen LogP contribution is -2.37. The minimum Gasteiger partial charge on any atom is -0.0968 e. The Morgan fingerprint density at radius 3 is 1.45 bits per heavy atom. The van der Waals surface area contributed by atoms with E-state index in [1.54, 1.807) is 64.2 Å². The van der Waals surface area contributed by atoms with E-state index in [1.165, 1.54) is 19.3 Å². The Morgan fingerprint density at radius 2 is 1.03 bits per heavy atom. The molecule has 0 N–H and O–H groups in total. The van der Waals surface area contributed by atoms with Crippen molar-refractivity contribution in [2.24, 2.45) is 5.92 Å². The predicted octanol–water partition coefficient (Wildman–Crippen LogP) is 9.77. The minimum absolute atomic E-state index is 0.00912. The minimum atomic E-state index is 0.00912. The fraction of sp³-hybridized carbons (Fsp3) is 1.00. The molecule has 0 nitrogen and oxygen atoms in total. The van der Waals surface area contributed by atoms with Gasteiger partial charge in [-0.3, -0.25) is 0 Å². The van der Waals surface area contributed by atoms with E-state index in [-0.39, 0.29) is 15.8 Å². The van der Waals surface area contributed by atoms with Crippen molar-refractivity contribution in [3.63, 3.8) is 0 Å². The smallest absolute Gasteiger partial charge is 0.0170 e. The molecule has 3 saturated carbocycles. The van der Waals surface area contributed by atoms with Gasteiger partial charge in [-0.2, -0.15) is 0 Å². The normalized spacial score (nSPS) is 29.7. The third-order valence-electron chi connectivity index (χ3n) is 8.38. The summed E-state index contributed by atoms with van der Waals surface area (Å²) in [7, 11) is 0.253. The van der Waals surface area contributed by atoms with Gasteiger partial charge in [-0.25, -0.2) is 0 Å². The van der Waals surface area contributed by atoms with Crippen LogP contribution in [-0.2, 0) is 0 Å². The van der Waals surface area contributed by atoms with Crippen molar-refractivity contribution in [3.8, 4) is 0 Å². The lowest BCUT2D eigenvalue weighted by atomic mass is 9.99. The topological polar surface area (TPSA) is 0 Å².